The first-order valence-electron chi connectivity index (χ1n) is 5.53. The molecule has 0 spiro atoms. The first kappa shape index (κ1) is 12.7. The molecule has 0 saturated carbocycles. The van der Waals surface area contributed by atoms with E-state index in [2.05, 4.69) is 36.6 Å². The molecule has 3 heteroatoms. The van der Waals surface area contributed by atoms with E-state index in [-0.39, 0.29) is 11.3 Å². The lowest BCUT2D eigenvalue weighted by Gasteiger charge is -2.25. The number of likely N-dealkylation sites (N-methyl/N-ethyl adjacent to an activating group) is 1. The van der Waals surface area contributed by atoms with Crippen LogP contribution in [-0.2, 0) is 10.2 Å². The zero-order chi connectivity index (χ0) is 12.0. The fourth-order valence-electron chi connectivity index (χ4n) is 1.57. The van der Waals surface area contributed by atoms with Crippen LogP contribution >= 0.6 is 0 Å². The lowest BCUT2D eigenvalue weighted by molar-refractivity contribution is -0.119. The average molecular weight is 220 g/mol. The second-order valence-corrected chi connectivity index (χ2v) is 4.53. The van der Waals surface area contributed by atoms with Crippen LogP contribution in [0.5, 0.6) is 0 Å². The van der Waals surface area contributed by atoms with Crippen LogP contribution in [0.4, 0.5) is 0 Å². The predicted molar refractivity (Wildman–Crippen MR) is 66.4 cm³/mol. The maximum absolute atomic E-state index is 11.1. The topological polar surface area (TPSA) is 41.1 Å². The highest BCUT2D eigenvalue weighted by Gasteiger charge is 2.19. The third kappa shape index (κ3) is 3.66. The van der Waals surface area contributed by atoms with Gasteiger partial charge in [-0.3, -0.25) is 4.79 Å². The summed E-state index contributed by atoms with van der Waals surface area (Å²) < 4.78 is 0. The summed E-state index contributed by atoms with van der Waals surface area (Å²) in [7, 11) is 1.65. The minimum Gasteiger partial charge on any atom is -0.358 e. The van der Waals surface area contributed by atoms with E-state index < -0.39 is 0 Å². The summed E-state index contributed by atoms with van der Waals surface area (Å²) in [5.74, 6) is 0.0175. The number of rotatable bonds is 5. The molecule has 1 amide bonds. The summed E-state index contributed by atoms with van der Waals surface area (Å²) in [5.41, 5.74) is 1.31. The van der Waals surface area contributed by atoms with E-state index in [1.165, 1.54) is 5.56 Å². The summed E-state index contributed by atoms with van der Waals surface area (Å²) in [6.07, 6.45) is 0. The number of amides is 1. The molecule has 0 aliphatic rings. The highest BCUT2D eigenvalue weighted by molar-refractivity contribution is 5.77. The number of hydrogen-bond donors (Lipinski definition) is 2. The number of benzene rings is 1. The Kier molecular flexibility index (Phi) is 4.50. The molecule has 0 saturated heterocycles. The number of carbonyl (C=O) groups excluding carboxylic acids is 1. The van der Waals surface area contributed by atoms with Gasteiger partial charge in [0, 0.05) is 19.0 Å². The third-order valence-electron chi connectivity index (χ3n) is 2.69. The molecule has 3 nitrogen and oxygen atoms in total. The van der Waals surface area contributed by atoms with Crippen LogP contribution in [0.15, 0.2) is 30.3 Å². The van der Waals surface area contributed by atoms with Crippen molar-refractivity contribution in [3.8, 4) is 0 Å². The molecule has 0 bridgehead atoms. The third-order valence-corrected chi connectivity index (χ3v) is 2.69. The van der Waals surface area contributed by atoms with Crippen molar-refractivity contribution < 1.29 is 4.79 Å². The molecule has 16 heavy (non-hydrogen) atoms. The quantitative estimate of drug-likeness (QED) is 0.785. The van der Waals surface area contributed by atoms with Gasteiger partial charge in [-0.15, -0.1) is 0 Å². The Morgan fingerprint density at radius 2 is 1.88 bits per heavy atom. The summed E-state index contributed by atoms with van der Waals surface area (Å²) in [5, 5.41) is 5.75. The molecule has 1 aromatic carbocycles. The average Bonchev–Trinajstić information content (AvgIpc) is 2.30. The van der Waals surface area contributed by atoms with Crippen LogP contribution < -0.4 is 10.6 Å². The van der Waals surface area contributed by atoms with E-state index in [4.69, 9.17) is 0 Å². The molecule has 88 valence electrons. The fourth-order valence-corrected chi connectivity index (χ4v) is 1.57. The number of nitrogens with one attached hydrogen (secondary N) is 2. The summed E-state index contributed by atoms with van der Waals surface area (Å²) in [6.45, 7) is 5.48. The second-order valence-electron chi connectivity index (χ2n) is 4.53. The van der Waals surface area contributed by atoms with Gasteiger partial charge in [0.1, 0.15) is 0 Å². The molecular weight excluding hydrogens is 200 g/mol. The summed E-state index contributed by atoms with van der Waals surface area (Å²) in [4.78, 5) is 11.1. The van der Waals surface area contributed by atoms with Gasteiger partial charge in [-0.1, -0.05) is 44.2 Å². The van der Waals surface area contributed by atoms with Crippen molar-refractivity contribution in [2.24, 2.45) is 0 Å². The van der Waals surface area contributed by atoms with Crippen molar-refractivity contribution >= 4 is 5.91 Å². The Hall–Kier alpha value is -1.35. The number of carbonyl (C=O) groups is 1. The number of hydrogen-bond acceptors (Lipinski definition) is 2. The van der Waals surface area contributed by atoms with Crippen molar-refractivity contribution in [1.29, 1.82) is 0 Å². The summed E-state index contributed by atoms with van der Waals surface area (Å²) >= 11 is 0. The van der Waals surface area contributed by atoms with Crippen LogP contribution in [0.1, 0.15) is 19.4 Å². The van der Waals surface area contributed by atoms with E-state index in [0.717, 1.165) is 6.54 Å². The van der Waals surface area contributed by atoms with Gasteiger partial charge in [-0.2, -0.15) is 0 Å². The molecule has 0 aliphatic heterocycles. The van der Waals surface area contributed by atoms with Gasteiger partial charge in [0.05, 0.1) is 6.54 Å². The monoisotopic (exact) mass is 220 g/mol. The van der Waals surface area contributed by atoms with E-state index in [1.807, 2.05) is 18.2 Å². The van der Waals surface area contributed by atoms with Crippen molar-refractivity contribution in [3.63, 3.8) is 0 Å². The minimum absolute atomic E-state index is 0.0175. The van der Waals surface area contributed by atoms with Crippen LogP contribution in [0.25, 0.3) is 0 Å². The lowest BCUT2D eigenvalue weighted by atomic mass is 9.85. The molecule has 0 heterocycles. The van der Waals surface area contributed by atoms with Crippen molar-refractivity contribution in [1.82, 2.24) is 10.6 Å². The van der Waals surface area contributed by atoms with Gasteiger partial charge in [-0.05, 0) is 5.56 Å². The zero-order valence-electron chi connectivity index (χ0n) is 10.2. The van der Waals surface area contributed by atoms with Crippen molar-refractivity contribution in [3.05, 3.63) is 35.9 Å². The minimum atomic E-state index is 0.0175. The van der Waals surface area contributed by atoms with E-state index in [9.17, 15) is 4.79 Å². The standard InChI is InChI=1S/C13H20N2O/c1-13(2,10-15-9-12(16)14-3)11-7-5-4-6-8-11/h4-8,15H,9-10H2,1-3H3,(H,14,16). The second kappa shape index (κ2) is 5.66. The molecule has 1 rings (SSSR count). The van der Waals surface area contributed by atoms with Gasteiger partial charge in [0.2, 0.25) is 5.91 Å². The summed E-state index contributed by atoms with van der Waals surface area (Å²) in [6, 6.07) is 10.3. The maximum Gasteiger partial charge on any atom is 0.233 e. The molecule has 1 aromatic rings. The van der Waals surface area contributed by atoms with E-state index >= 15 is 0 Å². The molecule has 0 atom stereocenters. The molecule has 0 fully saturated rings. The Morgan fingerprint density at radius 1 is 1.25 bits per heavy atom. The van der Waals surface area contributed by atoms with Gasteiger partial charge in [0.25, 0.3) is 0 Å². The van der Waals surface area contributed by atoms with Crippen molar-refractivity contribution in [2.75, 3.05) is 20.1 Å². The largest absolute Gasteiger partial charge is 0.358 e. The normalized spacial score (nSPS) is 11.2. The SMILES string of the molecule is CNC(=O)CNCC(C)(C)c1ccccc1. The molecule has 2 N–H and O–H groups in total. The maximum atomic E-state index is 11.1. The Labute approximate surface area is 97.2 Å². The smallest absolute Gasteiger partial charge is 0.233 e. The first-order chi connectivity index (χ1) is 7.56. The highest BCUT2D eigenvalue weighted by Crippen LogP contribution is 2.21. The van der Waals surface area contributed by atoms with Crippen LogP contribution in [0, 0.1) is 0 Å². The van der Waals surface area contributed by atoms with Gasteiger partial charge < -0.3 is 10.6 Å². The van der Waals surface area contributed by atoms with Gasteiger partial charge >= 0.3 is 0 Å². The Balaban J connectivity index is 2.49. The molecule has 0 aliphatic carbocycles. The molecule has 0 unspecified atom stereocenters. The highest BCUT2D eigenvalue weighted by atomic mass is 16.1. The first-order valence-corrected chi connectivity index (χ1v) is 5.53. The van der Waals surface area contributed by atoms with E-state index in [1.54, 1.807) is 7.05 Å². The molecule has 0 radical (unpaired) electrons. The van der Waals surface area contributed by atoms with Gasteiger partial charge in [-0.25, -0.2) is 0 Å². The predicted octanol–water partition coefficient (Wildman–Crippen LogP) is 1.30. The Morgan fingerprint density at radius 3 is 2.44 bits per heavy atom. The van der Waals surface area contributed by atoms with Gasteiger partial charge in [0.15, 0.2) is 0 Å². The fraction of sp³-hybridized carbons (Fsp3) is 0.462. The molecule has 0 aromatic heterocycles. The van der Waals surface area contributed by atoms with E-state index in [0.29, 0.717) is 6.54 Å². The zero-order valence-corrected chi connectivity index (χ0v) is 10.2. The van der Waals surface area contributed by atoms with Crippen LogP contribution in [0.2, 0.25) is 0 Å². The molecular formula is C13H20N2O. The van der Waals surface area contributed by atoms with Crippen LogP contribution in [0.3, 0.4) is 0 Å². The van der Waals surface area contributed by atoms with Crippen molar-refractivity contribution in [2.45, 2.75) is 19.3 Å². The lowest BCUT2D eigenvalue weighted by Crippen LogP contribution is -2.38. The Bertz CT molecular complexity index is 333. The van der Waals surface area contributed by atoms with Crippen LogP contribution in [-0.4, -0.2) is 26.0 Å².